The molecule has 0 unspecified atom stereocenters. The Hall–Kier alpha value is -0.810. The number of rotatable bonds is 2. The van der Waals surface area contributed by atoms with Gasteiger partial charge in [-0.3, -0.25) is 0 Å². The molecule has 0 aliphatic carbocycles. The molecule has 0 bridgehead atoms. The zero-order chi connectivity index (χ0) is 11.7. The summed E-state index contributed by atoms with van der Waals surface area (Å²) in [4.78, 5) is 8.73. The highest BCUT2D eigenvalue weighted by atomic mass is 79.9. The van der Waals surface area contributed by atoms with Gasteiger partial charge in [-0.1, -0.05) is 0 Å². The van der Waals surface area contributed by atoms with Gasteiger partial charge in [0.25, 0.3) is 5.22 Å². The molecule has 0 aliphatic rings. The molecule has 0 amide bonds. The van der Waals surface area contributed by atoms with Gasteiger partial charge in [0.1, 0.15) is 10.8 Å². The van der Waals surface area contributed by atoms with E-state index >= 15 is 0 Å². The molecule has 0 aliphatic heterocycles. The largest absolute Gasteiger partial charge is 0.436 e. The lowest BCUT2D eigenvalue weighted by molar-refractivity contribution is 0.431. The van der Waals surface area contributed by atoms with Crippen LogP contribution in [-0.4, -0.2) is 9.97 Å². The Kier molecular flexibility index (Phi) is 3.35. The van der Waals surface area contributed by atoms with Gasteiger partial charge in [-0.25, -0.2) is 9.97 Å². The number of nitrogens with zero attached hydrogens (tertiary/aromatic N) is 2. The molecule has 3 nitrogen and oxygen atoms in total. The van der Waals surface area contributed by atoms with E-state index in [0.29, 0.717) is 5.22 Å². The summed E-state index contributed by atoms with van der Waals surface area (Å²) in [7, 11) is 0. The first-order chi connectivity index (χ1) is 7.56. The summed E-state index contributed by atoms with van der Waals surface area (Å²) >= 11 is 4.86. The molecule has 0 N–H and O–H groups in total. The van der Waals surface area contributed by atoms with Gasteiger partial charge in [0.05, 0.1) is 11.4 Å². The third kappa shape index (κ3) is 2.47. The molecule has 0 spiro atoms. The summed E-state index contributed by atoms with van der Waals surface area (Å²) in [6, 6.07) is 3.92. The van der Waals surface area contributed by atoms with Gasteiger partial charge in [-0.2, -0.15) is 0 Å². The van der Waals surface area contributed by atoms with Crippen molar-refractivity contribution < 1.29 is 4.42 Å². The van der Waals surface area contributed by atoms with Crippen molar-refractivity contribution in [3.63, 3.8) is 0 Å². The maximum atomic E-state index is 5.49. The summed E-state index contributed by atoms with van der Waals surface area (Å²) in [5.41, 5.74) is 1.89. The Morgan fingerprint density at radius 1 is 1.12 bits per heavy atom. The van der Waals surface area contributed by atoms with Crippen LogP contribution >= 0.6 is 27.7 Å². The Morgan fingerprint density at radius 2 is 1.88 bits per heavy atom. The minimum absolute atomic E-state index is 0.643. The third-order valence-corrected chi connectivity index (χ3v) is 3.82. The topological polar surface area (TPSA) is 38.9 Å². The summed E-state index contributed by atoms with van der Waals surface area (Å²) in [5.74, 6) is 0.858. The van der Waals surface area contributed by atoms with E-state index < -0.39 is 0 Å². The fourth-order valence-electron chi connectivity index (χ4n) is 1.15. The lowest BCUT2D eigenvalue weighted by atomic mass is 10.4. The van der Waals surface area contributed by atoms with Crippen LogP contribution < -0.4 is 0 Å². The van der Waals surface area contributed by atoms with Crippen LogP contribution in [0.2, 0.25) is 0 Å². The zero-order valence-electron chi connectivity index (χ0n) is 9.24. The second-order valence-corrected chi connectivity index (χ2v) is 5.27. The number of halogens is 1. The predicted octanol–water partition coefficient (Wildman–Crippen LogP) is 3.91. The highest BCUT2D eigenvalue weighted by Gasteiger charge is 2.08. The quantitative estimate of drug-likeness (QED) is 0.843. The molecule has 84 valence electrons. The lowest BCUT2D eigenvalue weighted by Crippen LogP contribution is -1.85. The fourth-order valence-corrected chi connectivity index (χ4v) is 2.22. The van der Waals surface area contributed by atoms with Crippen LogP contribution in [0.4, 0.5) is 0 Å². The third-order valence-electron chi connectivity index (χ3n) is 2.20. The second-order valence-electron chi connectivity index (χ2n) is 3.44. The second kappa shape index (κ2) is 4.59. The molecule has 0 atom stereocenters. The number of hydrogen-bond acceptors (Lipinski definition) is 4. The minimum atomic E-state index is 0.643. The maximum Gasteiger partial charge on any atom is 0.262 e. The van der Waals surface area contributed by atoms with Crippen molar-refractivity contribution >= 4 is 27.7 Å². The van der Waals surface area contributed by atoms with Crippen molar-refractivity contribution in [1.82, 2.24) is 9.97 Å². The number of oxazole rings is 1. The monoisotopic (exact) mass is 298 g/mol. The van der Waals surface area contributed by atoms with E-state index in [9.17, 15) is 0 Å². The van der Waals surface area contributed by atoms with Crippen LogP contribution in [0.15, 0.2) is 31.3 Å². The van der Waals surface area contributed by atoms with Crippen molar-refractivity contribution in [2.45, 2.75) is 31.0 Å². The Labute approximate surface area is 107 Å². The molecule has 0 fully saturated rings. The summed E-state index contributed by atoms with van der Waals surface area (Å²) in [6.45, 7) is 5.80. The molecule has 0 radical (unpaired) electrons. The average Bonchev–Trinajstić information content (AvgIpc) is 2.52. The van der Waals surface area contributed by atoms with Crippen molar-refractivity contribution in [1.29, 1.82) is 0 Å². The standard InChI is InChI=1S/C11H11BrN2OS/c1-6-8(3)15-11(14-6)16-10-5-4-9(12)7(2)13-10/h4-5H,1-3H3. The zero-order valence-corrected chi connectivity index (χ0v) is 11.6. The summed E-state index contributed by atoms with van der Waals surface area (Å²) in [6.07, 6.45) is 0. The molecule has 0 saturated heterocycles. The van der Waals surface area contributed by atoms with Crippen LogP contribution in [0.3, 0.4) is 0 Å². The van der Waals surface area contributed by atoms with Crippen LogP contribution in [0, 0.1) is 20.8 Å². The molecule has 2 aromatic heterocycles. The van der Waals surface area contributed by atoms with Gasteiger partial charge in [-0.05, 0) is 60.6 Å². The first-order valence-electron chi connectivity index (χ1n) is 4.81. The minimum Gasteiger partial charge on any atom is -0.436 e. The SMILES string of the molecule is Cc1nc(Sc2nc(C)c(C)o2)ccc1Br. The normalized spacial score (nSPS) is 10.8. The fraction of sp³-hybridized carbons (Fsp3) is 0.273. The first kappa shape index (κ1) is 11.7. The molecule has 0 saturated carbocycles. The van der Waals surface area contributed by atoms with Gasteiger partial charge >= 0.3 is 0 Å². The molecule has 5 heteroatoms. The van der Waals surface area contributed by atoms with Gasteiger partial charge in [0, 0.05) is 4.47 Å². The van der Waals surface area contributed by atoms with Crippen LogP contribution in [0.1, 0.15) is 17.1 Å². The van der Waals surface area contributed by atoms with Crippen molar-refractivity contribution in [2.75, 3.05) is 0 Å². The van der Waals surface area contributed by atoms with E-state index in [1.807, 2.05) is 32.9 Å². The molecule has 0 aromatic carbocycles. The Bertz CT molecular complexity index is 505. The lowest BCUT2D eigenvalue weighted by Gasteiger charge is -1.99. The first-order valence-corrected chi connectivity index (χ1v) is 6.42. The molecular weight excluding hydrogens is 288 g/mol. The predicted molar refractivity (Wildman–Crippen MR) is 66.8 cm³/mol. The van der Waals surface area contributed by atoms with Gasteiger partial charge in [0.15, 0.2) is 0 Å². The number of aryl methyl sites for hydroxylation is 3. The summed E-state index contributed by atoms with van der Waals surface area (Å²) < 4.78 is 6.50. The van der Waals surface area contributed by atoms with Crippen LogP contribution in [0.25, 0.3) is 0 Å². The molecule has 2 rings (SSSR count). The highest BCUT2D eigenvalue weighted by molar-refractivity contribution is 9.10. The molecule has 16 heavy (non-hydrogen) atoms. The molecule has 2 aromatic rings. The van der Waals surface area contributed by atoms with E-state index in [1.54, 1.807) is 0 Å². The smallest absolute Gasteiger partial charge is 0.262 e. The maximum absolute atomic E-state index is 5.49. The van der Waals surface area contributed by atoms with Gasteiger partial charge in [0.2, 0.25) is 0 Å². The van der Waals surface area contributed by atoms with E-state index in [-0.39, 0.29) is 0 Å². The Balaban J connectivity index is 2.23. The van der Waals surface area contributed by atoms with Gasteiger partial charge in [-0.15, -0.1) is 0 Å². The van der Waals surface area contributed by atoms with Crippen LogP contribution in [0.5, 0.6) is 0 Å². The van der Waals surface area contributed by atoms with E-state index in [2.05, 4.69) is 25.9 Å². The van der Waals surface area contributed by atoms with E-state index in [0.717, 1.165) is 26.6 Å². The van der Waals surface area contributed by atoms with Crippen LogP contribution in [-0.2, 0) is 0 Å². The highest BCUT2D eigenvalue weighted by Crippen LogP contribution is 2.28. The molecule has 2 heterocycles. The van der Waals surface area contributed by atoms with Crippen molar-refractivity contribution in [3.05, 3.63) is 33.8 Å². The van der Waals surface area contributed by atoms with E-state index in [1.165, 1.54) is 11.8 Å². The average molecular weight is 299 g/mol. The molecular formula is C11H11BrN2OS. The van der Waals surface area contributed by atoms with Crippen molar-refractivity contribution in [2.24, 2.45) is 0 Å². The number of pyridine rings is 1. The Morgan fingerprint density at radius 3 is 2.44 bits per heavy atom. The number of hydrogen-bond donors (Lipinski definition) is 0. The van der Waals surface area contributed by atoms with Crippen molar-refractivity contribution in [3.8, 4) is 0 Å². The van der Waals surface area contributed by atoms with Gasteiger partial charge < -0.3 is 4.42 Å². The van der Waals surface area contributed by atoms with E-state index in [4.69, 9.17) is 4.42 Å². The number of aromatic nitrogens is 2. The summed E-state index contributed by atoms with van der Waals surface area (Å²) in [5, 5.41) is 1.53.